The van der Waals surface area contributed by atoms with Crippen LogP contribution in [0.1, 0.15) is 25.6 Å². The van der Waals surface area contributed by atoms with Crippen molar-refractivity contribution in [1.82, 2.24) is 10.2 Å². The van der Waals surface area contributed by atoms with E-state index in [4.69, 9.17) is 4.74 Å². The first-order chi connectivity index (χ1) is 8.17. The standard InChI is InChI=1S/C13H18N2O2/c1-4-15-12(14-9(2)13(15)16)10-6-5-7-11(8-10)17-3/h5-9,12,14H,4H2,1-3H3. The van der Waals surface area contributed by atoms with Crippen molar-refractivity contribution in [2.75, 3.05) is 13.7 Å². The van der Waals surface area contributed by atoms with Gasteiger partial charge in [0.15, 0.2) is 0 Å². The van der Waals surface area contributed by atoms with E-state index in [1.165, 1.54) is 0 Å². The third-order valence-corrected chi connectivity index (χ3v) is 3.12. The first kappa shape index (κ1) is 11.9. The summed E-state index contributed by atoms with van der Waals surface area (Å²) in [6.45, 7) is 4.59. The third-order valence-electron chi connectivity index (χ3n) is 3.12. The van der Waals surface area contributed by atoms with Crippen LogP contribution >= 0.6 is 0 Å². The molecule has 0 aliphatic carbocycles. The summed E-state index contributed by atoms with van der Waals surface area (Å²) in [6, 6.07) is 7.70. The van der Waals surface area contributed by atoms with Gasteiger partial charge in [0.25, 0.3) is 0 Å². The normalized spacial score (nSPS) is 24.2. The second kappa shape index (κ2) is 4.75. The number of likely N-dealkylation sites (N-methyl/N-ethyl adjacent to an activating group) is 1. The molecule has 17 heavy (non-hydrogen) atoms. The smallest absolute Gasteiger partial charge is 0.241 e. The van der Waals surface area contributed by atoms with E-state index >= 15 is 0 Å². The van der Waals surface area contributed by atoms with Crippen LogP contribution in [0.25, 0.3) is 0 Å². The van der Waals surface area contributed by atoms with Crippen molar-refractivity contribution >= 4 is 5.91 Å². The Morgan fingerprint density at radius 3 is 2.88 bits per heavy atom. The Balaban J connectivity index is 2.29. The van der Waals surface area contributed by atoms with E-state index in [0.717, 1.165) is 11.3 Å². The minimum Gasteiger partial charge on any atom is -0.497 e. The Bertz CT molecular complexity index is 420. The lowest BCUT2D eigenvalue weighted by molar-refractivity contribution is -0.129. The lowest BCUT2D eigenvalue weighted by Gasteiger charge is -2.23. The Morgan fingerprint density at radius 2 is 2.24 bits per heavy atom. The number of rotatable bonds is 3. The fraction of sp³-hybridized carbons (Fsp3) is 0.462. The zero-order valence-corrected chi connectivity index (χ0v) is 10.4. The van der Waals surface area contributed by atoms with Crippen LogP contribution in [0, 0.1) is 0 Å². The average Bonchev–Trinajstić information content (AvgIpc) is 2.65. The van der Waals surface area contributed by atoms with Gasteiger partial charge in [0.2, 0.25) is 5.91 Å². The Kier molecular flexibility index (Phi) is 3.33. The van der Waals surface area contributed by atoms with E-state index in [2.05, 4.69) is 5.32 Å². The van der Waals surface area contributed by atoms with E-state index in [1.54, 1.807) is 7.11 Å². The molecular formula is C13H18N2O2. The van der Waals surface area contributed by atoms with Crippen LogP contribution in [0.3, 0.4) is 0 Å². The number of nitrogens with one attached hydrogen (secondary N) is 1. The number of amides is 1. The maximum atomic E-state index is 11.9. The molecule has 0 bridgehead atoms. The molecule has 1 N–H and O–H groups in total. The van der Waals surface area contributed by atoms with E-state index < -0.39 is 0 Å². The molecule has 1 heterocycles. The average molecular weight is 234 g/mol. The van der Waals surface area contributed by atoms with E-state index in [0.29, 0.717) is 6.54 Å². The van der Waals surface area contributed by atoms with Gasteiger partial charge in [-0.15, -0.1) is 0 Å². The maximum Gasteiger partial charge on any atom is 0.241 e. The Hall–Kier alpha value is -1.55. The molecule has 1 amide bonds. The van der Waals surface area contributed by atoms with Crippen molar-refractivity contribution in [1.29, 1.82) is 0 Å². The number of ether oxygens (including phenoxy) is 1. The number of benzene rings is 1. The first-order valence-corrected chi connectivity index (χ1v) is 5.88. The molecule has 2 unspecified atom stereocenters. The molecule has 1 saturated heterocycles. The van der Waals surface area contributed by atoms with Gasteiger partial charge in [0, 0.05) is 6.54 Å². The van der Waals surface area contributed by atoms with Crippen molar-refractivity contribution in [2.24, 2.45) is 0 Å². The van der Waals surface area contributed by atoms with Crippen LogP contribution in [0.2, 0.25) is 0 Å². The van der Waals surface area contributed by atoms with Crippen LogP contribution in [0.15, 0.2) is 24.3 Å². The SMILES string of the molecule is CCN1C(=O)C(C)NC1c1cccc(OC)c1. The largest absolute Gasteiger partial charge is 0.497 e. The molecule has 1 aromatic carbocycles. The number of nitrogens with zero attached hydrogens (tertiary/aromatic N) is 1. The summed E-state index contributed by atoms with van der Waals surface area (Å²) in [5.41, 5.74) is 1.06. The summed E-state index contributed by atoms with van der Waals surface area (Å²) in [6.07, 6.45) is -0.0439. The topological polar surface area (TPSA) is 41.6 Å². The number of carbonyl (C=O) groups excluding carboxylic acids is 1. The van der Waals surface area contributed by atoms with Crippen molar-refractivity contribution in [3.8, 4) is 5.75 Å². The summed E-state index contributed by atoms with van der Waals surface area (Å²) in [5.74, 6) is 0.965. The maximum absolute atomic E-state index is 11.9. The molecule has 1 aliphatic heterocycles. The molecule has 0 aromatic heterocycles. The molecule has 92 valence electrons. The lowest BCUT2D eigenvalue weighted by Crippen LogP contribution is -2.30. The number of hydrogen-bond donors (Lipinski definition) is 1. The molecule has 1 aliphatic rings. The van der Waals surface area contributed by atoms with E-state index in [-0.39, 0.29) is 18.1 Å². The van der Waals surface area contributed by atoms with Crippen molar-refractivity contribution in [2.45, 2.75) is 26.1 Å². The number of hydrogen-bond acceptors (Lipinski definition) is 3. The Morgan fingerprint density at radius 1 is 1.47 bits per heavy atom. The van der Waals surface area contributed by atoms with Crippen molar-refractivity contribution in [3.63, 3.8) is 0 Å². The highest BCUT2D eigenvalue weighted by atomic mass is 16.5. The van der Waals surface area contributed by atoms with Gasteiger partial charge < -0.3 is 9.64 Å². The predicted octanol–water partition coefficient (Wildman–Crippen LogP) is 1.53. The minimum absolute atomic E-state index is 0.0439. The van der Waals surface area contributed by atoms with Gasteiger partial charge in [-0.3, -0.25) is 10.1 Å². The monoisotopic (exact) mass is 234 g/mol. The summed E-state index contributed by atoms with van der Waals surface area (Å²) >= 11 is 0. The minimum atomic E-state index is -0.119. The first-order valence-electron chi connectivity index (χ1n) is 5.88. The fourth-order valence-corrected chi connectivity index (χ4v) is 2.20. The van der Waals surface area contributed by atoms with Crippen LogP contribution < -0.4 is 10.1 Å². The molecule has 4 nitrogen and oxygen atoms in total. The highest BCUT2D eigenvalue weighted by Crippen LogP contribution is 2.27. The fourth-order valence-electron chi connectivity index (χ4n) is 2.20. The van der Waals surface area contributed by atoms with E-state index in [9.17, 15) is 4.79 Å². The molecule has 1 fully saturated rings. The second-order valence-electron chi connectivity index (χ2n) is 4.19. The molecule has 4 heteroatoms. The summed E-state index contributed by atoms with van der Waals surface area (Å²) in [5, 5.41) is 3.29. The van der Waals surface area contributed by atoms with Gasteiger partial charge >= 0.3 is 0 Å². The highest BCUT2D eigenvalue weighted by molar-refractivity contribution is 5.84. The summed E-state index contributed by atoms with van der Waals surface area (Å²) in [7, 11) is 1.65. The summed E-state index contributed by atoms with van der Waals surface area (Å²) < 4.78 is 5.21. The van der Waals surface area contributed by atoms with Crippen molar-refractivity contribution in [3.05, 3.63) is 29.8 Å². The number of carbonyl (C=O) groups is 1. The predicted molar refractivity (Wildman–Crippen MR) is 65.7 cm³/mol. The zero-order valence-electron chi connectivity index (χ0n) is 10.4. The molecular weight excluding hydrogens is 216 g/mol. The molecule has 2 rings (SSSR count). The van der Waals surface area contributed by atoms with Crippen molar-refractivity contribution < 1.29 is 9.53 Å². The van der Waals surface area contributed by atoms with E-state index in [1.807, 2.05) is 43.0 Å². The Labute approximate surface area is 102 Å². The van der Waals surface area contributed by atoms with Gasteiger partial charge in [-0.05, 0) is 31.5 Å². The molecule has 0 saturated carbocycles. The molecule has 1 aromatic rings. The van der Waals surface area contributed by atoms with Gasteiger partial charge in [-0.2, -0.15) is 0 Å². The molecule has 0 spiro atoms. The zero-order chi connectivity index (χ0) is 12.4. The highest BCUT2D eigenvalue weighted by Gasteiger charge is 2.35. The molecule has 2 atom stereocenters. The van der Waals surface area contributed by atoms with Crippen LogP contribution in [-0.4, -0.2) is 30.5 Å². The third kappa shape index (κ3) is 2.13. The molecule has 0 radical (unpaired) electrons. The van der Waals surface area contributed by atoms with Crippen LogP contribution in [0.5, 0.6) is 5.75 Å². The van der Waals surface area contributed by atoms with Gasteiger partial charge in [0.05, 0.1) is 13.2 Å². The summed E-state index contributed by atoms with van der Waals surface area (Å²) in [4.78, 5) is 13.8. The number of methoxy groups -OCH3 is 1. The lowest BCUT2D eigenvalue weighted by atomic mass is 10.1. The van der Waals surface area contributed by atoms with Gasteiger partial charge in [-0.25, -0.2) is 0 Å². The second-order valence-corrected chi connectivity index (χ2v) is 4.19. The quantitative estimate of drug-likeness (QED) is 0.862. The van der Waals surface area contributed by atoms with Gasteiger partial charge in [-0.1, -0.05) is 12.1 Å². The van der Waals surface area contributed by atoms with Gasteiger partial charge in [0.1, 0.15) is 11.9 Å². The van der Waals surface area contributed by atoms with Crippen LogP contribution in [0.4, 0.5) is 0 Å². The van der Waals surface area contributed by atoms with Crippen LogP contribution in [-0.2, 0) is 4.79 Å².